The standard InChI is InChI=1S/C22H20F3NO3/c23-22(24,25)18-11-8-16(9-12-18)10-13-19(27)29-20(17-6-2-1-3-7-17)21(28)26-14-4-5-15-26/h1-3,6-13,20H,4-5,14-15H2/b13-10+/t20-/m1/s1. The predicted octanol–water partition coefficient (Wildman–Crippen LogP) is 4.63. The lowest BCUT2D eigenvalue weighted by atomic mass is 10.1. The van der Waals surface area contributed by atoms with Gasteiger partial charge in [-0.15, -0.1) is 0 Å². The van der Waals surface area contributed by atoms with E-state index in [1.807, 2.05) is 0 Å². The van der Waals surface area contributed by atoms with Gasteiger partial charge in [-0.1, -0.05) is 42.5 Å². The molecule has 0 radical (unpaired) electrons. The Morgan fingerprint density at radius 3 is 2.17 bits per heavy atom. The average molecular weight is 403 g/mol. The topological polar surface area (TPSA) is 46.6 Å². The fourth-order valence-electron chi connectivity index (χ4n) is 3.10. The van der Waals surface area contributed by atoms with Gasteiger partial charge in [-0.05, 0) is 36.6 Å². The van der Waals surface area contributed by atoms with E-state index < -0.39 is 23.8 Å². The Hall–Kier alpha value is -3.09. The Morgan fingerprint density at radius 2 is 1.59 bits per heavy atom. The van der Waals surface area contributed by atoms with Crippen molar-refractivity contribution < 1.29 is 27.5 Å². The first-order chi connectivity index (χ1) is 13.8. The van der Waals surface area contributed by atoms with Crippen LogP contribution in [0.2, 0.25) is 0 Å². The highest BCUT2D eigenvalue weighted by Crippen LogP contribution is 2.29. The summed E-state index contributed by atoms with van der Waals surface area (Å²) in [5.41, 5.74) is 0.218. The van der Waals surface area contributed by atoms with Gasteiger partial charge in [0.2, 0.25) is 6.10 Å². The number of benzene rings is 2. The van der Waals surface area contributed by atoms with Crippen LogP contribution in [0, 0.1) is 0 Å². The molecule has 0 unspecified atom stereocenters. The molecular formula is C22H20F3NO3. The minimum Gasteiger partial charge on any atom is -0.444 e. The lowest BCUT2D eigenvalue weighted by Gasteiger charge is -2.23. The van der Waals surface area contributed by atoms with Crippen molar-refractivity contribution in [1.29, 1.82) is 0 Å². The van der Waals surface area contributed by atoms with Gasteiger partial charge >= 0.3 is 12.1 Å². The van der Waals surface area contributed by atoms with Crippen LogP contribution in [0.1, 0.15) is 35.6 Å². The molecule has 0 aliphatic carbocycles. The summed E-state index contributed by atoms with van der Waals surface area (Å²) in [6, 6.07) is 13.1. The maximum atomic E-state index is 12.8. The molecular weight excluding hydrogens is 383 g/mol. The zero-order valence-corrected chi connectivity index (χ0v) is 15.6. The lowest BCUT2D eigenvalue weighted by Crippen LogP contribution is -2.34. The van der Waals surface area contributed by atoms with Crippen LogP contribution < -0.4 is 0 Å². The highest BCUT2D eigenvalue weighted by Gasteiger charge is 2.31. The second kappa shape index (κ2) is 8.94. The number of hydrogen-bond acceptors (Lipinski definition) is 3. The van der Waals surface area contributed by atoms with Crippen LogP contribution in [0.4, 0.5) is 13.2 Å². The van der Waals surface area contributed by atoms with Crippen LogP contribution in [-0.4, -0.2) is 29.9 Å². The molecule has 1 atom stereocenters. The second-order valence-corrected chi connectivity index (χ2v) is 6.71. The van der Waals surface area contributed by atoms with E-state index in [2.05, 4.69) is 0 Å². The summed E-state index contributed by atoms with van der Waals surface area (Å²) < 4.78 is 43.3. The van der Waals surface area contributed by atoms with Gasteiger partial charge in [0.25, 0.3) is 5.91 Å². The minimum absolute atomic E-state index is 0.273. The lowest BCUT2D eigenvalue weighted by molar-refractivity contribution is -0.156. The highest BCUT2D eigenvalue weighted by atomic mass is 19.4. The zero-order chi connectivity index (χ0) is 20.9. The molecule has 0 spiro atoms. The van der Waals surface area contributed by atoms with Crippen LogP contribution in [0.25, 0.3) is 6.08 Å². The van der Waals surface area contributed by atoms with Gasteiger partial charge in [0.15, 0.2) is 0 Å². The fraction of sp³-hybridized carbons (Fsp3) is 0.273. The SMILES string of the molecule is O=C(/C=C/c1ccc(C(F)(F)F)cc1)O[C@@H](C(=O)N1CCCC1)c1ccccc1. The molecule has 1 fully saturated rings. The number of carbonyl (C=O) groups excluding carboxylic acids is 2. The van der Waals surface area contributed by atoms with E-state index in [0.29, 0.717) is 24.2 Å². The molecule has 1 aliphatic rings. The van der Waals surface area contributed by atoms with E-state index in [9.17, 15) is 22.8 Å². The Labute approximate surface area is 166 Å². The molecule has 152 valence electrons. The summed E-state index contributed by atoms with van der Waals surface area (Å²) in [5.74, 6) is -1.02. The summed E-state index contributed by atoms with van der Waals surface area (Å²) in [5, 5.41) is 0. The van der Waals surface area contributed by atoms with Gasteiger partial charge in [-0.3, -0.25) is 4.79 Å². The van der Waals surface area contributed by atoms with Crippen molar-refractivity contribution in [3.63, 3.8) is 0 Å². The largest absolute Gasteiger partial charge is 0.444 e. The third-order valence-electron chi connectivity index (χ3n) is 4.63. The highest BCUT2D eigenvalue weighted by molar-refractivity contribution is 5.91. The molecule has 1 amide bonds. The van der Waals surface area contributed by atoms with Gasteiger partial charge in [0, 0.05) is 24.7 Å². The fourth-order valence-corrected chi connectivity index (χ4v) is 3.10. The number of likely N-dealkylation sites (tertiary alicyclic amines) is 1. The summed E-state index contributed by atoms with van der Waals surface area (Å²) >= 11 is 0. The smallest absolute Gasteiger partial charge is 0.416 e. The number of alkyl halides is 3. The zero-order valence-electron chi connectivity index (χ0n) is 15.6. The first kappa shape index (κ1) is 20.6. The number of esters is 1. The molecule has 1 saturated heterocycles. The van der Waals surface area contributed by atoms with Crippen molar-refractivity contribution in [2.75, 3.05) is 13.1 Å². The Balaban J connectivity index is 1.71. The molecule has 0 bridgehead atoms. The van der Waals surface area contributed by atoms with Crippen molar-refractivity contribution in [2.24, 2.45) is 0 Å². The molecule has 4 nitrogen and oxygen atoms in total. The molecule has 0 saturated carbocycles. The van der Waals surface area contributed by atoms with E-state index in [0.717, 1.165) is 31.1 Å². The number of nitrogens with zero attached hydrogens (tertiary/aromatic N) is 1. The Kier molecular flexibility index (Phi) is 6.36. The number of carbonyl (C=O) groups is 2. The van der Waals surface area contributed by atoms with Crippen molar-refractivity contribution in [3.05, 3.63) is 77.4 Å². The van der Waals surface area contributed by atoms with Gasteiger partial charge < -0.3 is 9.64 Å². The Bertz CT molecular complexity index is 870. The first-order valence-corrected chi connectivity index (χ1v) is 9.24. The van der Waals surface area contributed by atoms with Gasteiger partial charge in [0.1, 0.15) is 0 Å². The molecule has 7 heteroatoms. The molecule has 0 aromatic heterocycles. The van der Waals surface area contributed by atoms with Gasteiger partial charge in [-0.25, -0.2) is 4.79 Å². The van der Waals surface area contributed by atoms with Crippen molar-refractivity contribution in [3.8, 4) is 0 Å². The summed E-state index contributed by atoms with van der Waals surface area (Å²) in [6.07, 6.45) is -1.19. The average Bonchev–Trinajstić information content (AvgIpc) is 3.25. The minimum atomic E-state index is -4.42. The molecule has 2 aromatic carbocycles. The molecule has 0 N–H and O–H groups in total. The summed E-state index contributed by atoms with van der Waals surface area (Å²) in [4.78, 5) is 26.8. The van der Waals surface area contributed by atoms with Gasteiger partial charge in [-0.2, -0.15) is 13.2 Å². The number of rotatable bonds is 5. The van der Waals surface area contributed by atoms with Crippen molar-refractivity contribution >= 4 is 18.0 Å². The van der Waals surface area contributed by atoms with Crippen LogP contribution in [0.15, 0.2) is 60.7 Å². The quantitative estimate of drug-likeness (QED) is 0.540. The normalized spacial score (nSPS) is 15.5. The van der Waals surface area contributed by atoms with Crippen molar-refractivity contribution in [2.45, 2.75) is 25.1 Å². The maximum Gasteiger partial charge on any atom is 0.416 e. The Morgan fingerprint density at radius 1 is 0.966 bits per heavy atom. The summed E-state index contributed by atoms with van der Waals surface area (Å²) in [6.45, 7) is 1.25. The van der Waals surface area contributed by atoms with E-state index in [1.54, 1.807) is 35.2 Å². The third kappa shape index (κ3) is 5.47. The molecule has 2 aromatic rings. The van der Waals surface area contributed by atoms with Crippen molar-refractivity contribution in [1.82, 2.24) is 4.90 Å². The number of ether oxygens (including phenoxy) is 1. The third-order valence-corrected chi connectivity index (χ3v) is 4.63. The van der Waals surface area contributed by atoms with E-state index in [-0.39, 0.29) is 5.91 Å². The predicted molar refractivity (Wildman–Crippen MR) is 102 cm³/mol. The van der Waals surface area contributed by atoms with Crippen LogP contribution >= 0.6 is 0 Å². The summed E-state index contributed by atoms with van der Waals surface area (Å²) in [7, 11) is 0. The molecule has 1 aliphatic heterocycles. The first-order valence-electron chi connectivity index (χ1n) is 9.24. The second-order valence-electron chi connectivity index (χ2n) is 6.71. The number of hydrogen-bond donors (Lipinski definition) is 0. The molecule has 1 heterocycles. The van der Waals surface area contributed by atoms with Crippen LogP contribution in [0.3, 0.4) is 0 Å². The molecule has 3 rings (SSSR count). The molecule has 29 heavy (non-hydrogen) atoms. The van der Waals surface area contributed by atoms with E-state index in [4.69, 9.17) is 4.74 Å². The monoisotopic (exact) mass is 403 g/mol. The van der Waals surface area contributed by atoms with E-state index in [1.165, 1.54) is 18.2 Å². The number of amides is 1. The van der Waals surface area contributed by atoms with Crippen LogP contribution in [-0.2, 0) is 20.5 Å². The van der Waals surface area contributed by atoms with Crippen LogP contribution in [0.5, 0.6) is 0 Å². The van der Waals surface area contributed by atoms with Gasteiger partial charge in [0.05, 0.1) is 5.56 Å². The number of halogens is 3. The maximum absolute atomic E-state index is 12.8. The van der Waals surface area contributed by atoms with E-state index >= 15 is 0 Å².